The van der Waals surface area contributed by atoms with E-state index < -0.39 is 0 Å². The molecule has 0 saturated heterocycles. The highest BCUT2D eigenvalue weighted by atomic mass is 16.5. The second-order valence-electron chi connectivity index (χ2n) is 6.51. The van der Waals surface area contributed by atoms with E-state index >= 15 is 0 Å². The molecule has 1 aliphatic rings. The minimum Gasteiger partial charge on any atom is -0.497 e. The number of carbonyl (C=O) groups excluding carboxylic acids is 1. The third-order valence-electron chi connectivity index (χ3n) is 4.66. The minimum atomic E-state index is 0.0931. The maximum atomic E-state index is 12.4. The SMILES string of the molecule is COc1ccc(C(NC(=O)CCc2cccc(OC)c2)C2CC2)cc1. The van der Waals surface area contributed by atoms with E-state index in [4.69, 9.17) is 9.47 Å². The fourth-order valence-corrected chi connectivity index (χ4v) is 3.05. The molecule has 0 spiro atoms. The average molecular weight is 339 g/mol. The van der Waals surface area contributed by atoms with Crippen LogP contribution in [0.3, 0.4) is 0 Å². The second kappa shape index (κ2) is 8.06. The third kappa shape index (κ3) is 4.75. The molecule has 1 N–H and O–H groups in total. The molecular weight excluding hydrogens is 314 g/mol. The molecule has 25 heavy (non-hydrogen) atoms. The average Bonchev–Trinajstić information content (AvgIpc) is 3.50. The van der Waals surface area contributed by atoms with Crippen LogP contribution >= 0.6 is 0 Å². The first-order valence-electron chi connectivity index (χ1n) is 8.76. The van der Waals surface area contributed by atoms with Gasteiger partial charge in [-0.05, 0) is 60.6 Å². The molecule has 2 aromatic carbocycles. The van der Waals surface area contributed by atoms with E-state index in [1.165, 1.54) is 12.8 Å². The predicted molar refractivity (Wildman–Crippen MR) is 97.9 cm³/mol. The number of methoxy groups -OCH3 is 2. The standard InChI is InChI=1S/C21H25NO3/c1-24-18-11-9-17(10-12-18)21(16-7-8-16)22-20(23)13-6-15-4-3-5-19(14-15)25-2/h3-5,9-12,14,16,21H,6-8,13H2,1-2H3,(H,22,23). The summed E-state index contributed by atoms with van der Waals surface area (Å²) in [6.07, 6.45) is 3.54. The van der Waals surface area contributed by atoms with E-state index in [-0.39, 0.29) is 11.9 Å². The third-order valence-corrected chi connectivity index (χ3v) is 4.66. The second-order valence-corrected chi connectivity index (χ2v) is 6.51. The molecule has 0 aromatic heterocycles. The molecule has 4 nitrogen and oxygen atoms in total. The molecule has 3 rings (SSSR count). The summed E-state index contributed by atoms with van der Waals surface area (Å²) in [5, 5.41) is 3.22. The molecule has 1 aliphatic carbocycles. The van der Waals surface area contributed by atoms with Crippen molar-refractivity contribution in [3.63, 3.8) is 0 Å². The van der Waals surface area contributed by atoms with Crippen molar-refractivity contribution in [3.8, 4) is 11.5 Å². The molecule has 1 fully saturated rings. The van der Waals surface area contributed by atoms with Gasteiger partial charge < -0.3 is 14.8 Å². The van der Waals surface area contributed by atoms with Crippen molar-refractivity contribution in [3.05, 3.63) is 59.7 Å². The topological polar surface area (TPSA) is 47.6 Å². The summed E-state index contributed by atoms with van der Waals surface area (Å²) in [5.41, 5.74) is 2.26. The van der Waals surface area contributed by atoms with Crippen LogP contribution in [0.5, 0.6) is 11.5 Å². The summed E-state index contributed by atoms with van der Waals surface area (Å²) in [5.74, 6) is 2.30. The van der Waals surface area contributed by atoms with Gasteiger partial charge in [0.15, 0.2) is 0 Å². The predicted octanol–water partition coefficient (Wildman–Crippen LogP) is 3.90. The summed E-state index contributed by atoms with van der Waals surface area (Å²) in [6, 6.07) is 16.0. The number of amides is 1. The van der Waals surface area contributed by atoms with E-state index in [1.54, 1.807) is 14.2 Å². The Kier molecular flexibility index (Phi) is 5.59. The van der Waals surface area contributed by atoms with Crippen LogP contribution in [0, 0.1) is 5.92 Å². The molecule has 0 radical (unpaired) electrons. The van der Waals surface area contributed by atoms with Crippen molar-refractivity contribution in [2.24, 2.45) is 5.92 Å². The van der Waals surface area contributed by atoms with Crippen LogP contribution in [-0.4, -0.2) is 20.1 Å². The van der Waals surface area contributed by atoms with Crippen molar-refractivity contribution in [2.45, 2.75) is 31.7 Å². The van der Waals surface area contributed by atoms with E-state index in [9.17, 15) is 4.79 Å². The van der Waals surface area contributed by atoms with Crippen LogP contribution in [0.1, 0.15) is 36.4 Å². The van der Waals surface area contributed by atoms with Crippen molar-refractivity contribution in [1.29, 1.82) is 0 Å². The zero-order chi connectivity index (χ0) is 17.6. The summed E-state index contributed by atoms with van der Waals surface area (Å²) in [4.78, 5) is 12.4. The Labute approximate surface area is 149 Å². The Balaban J connectivity index is 1.59. The zero-order valence-corrected chi connectivity index (χ0v) is 14.8. The number of hydrogen-bond donors (Lipinski definition) is 1. The van der Waals surface area contributed by atoms with Gasteiger partial charge in [-0.3, -0.25) is 4.79 Å². The number of ether oxygens (including phenoxy) is 2. The number of nitrogens with one attached hydrogen (secondary N) is 1. The molecule has 1 unspecified atom stereocenters. The number of carbonyl (C=O) groups is 1. The van der Waals surface area contributed by atoms with Gasteiger partial charge in [0.2, 0.25) is 5.91 Å². The normalized spacial score (nSPS) is 14.6. The number of rotatable bonds is 8. The van der Waals surface area contributed by atoms with Crippen LogP contribution < -0.4 is 14.8 Å². The Hall–Kier alpha value is -2.49. The number of hydrogen-bond acceptors (Lipinski definition) is 3. The van der Waals surface area contributed by atoms with Crippen LogP contribution in [0.2, 0.25) is 0 Å². The summed E-state index contributed by atoms with van der Waals surface area (Å²) >= 11 is 0. The molecule has 0 aliphatic heterocycles. The Morgan fingerprint density at radius 3 is 2.44 bits per heavy atom. The maximum Gasteiger partial charge on any atom is 0.220 e. The quantitative estimate of drug-likeness (QED) is 0.793. The lowest BCUT2D eigenvalue weighted by Crippen LogP contribution is -2.30. The smallest absolute Gasteiger partial charge is 0.220 e. The molecule has 1 atom stereocenters. The van der Waals surface area contributed by atoms with Crippen molar-refractivity contribution in [2.75, 3.05) is 14.2 Å². The number of aryl methyl sites for hydroxylation is 1. The lowest BCUT2D eigenvalue weighted by atomic mass is 10.0. The zero-order valence-electron chi connectivity index (χ0n) is 14.8. The molecular formula is C21H25NO3. The fraction of sp³-hybridized carbons (Fsp3) is 0.381. The van der Waals surface area contributed by atoms with E-state index in [0.29, 0.717) is 18.8 Å². The van der Waals surface area contributed by atoms with Crippen LogP contribution in [0.15, 0.2) is 48.5 Å². The first-order valence-corrected chi connectivity index (χ1v) is 8.76. The largest absolute Gasteiger partial charge is 0.497 e. The summed E-state index contributed by atoms with van der Waals surface area (Å²) < 4.78 is 10.4. The molecule has 0 heterocycles. The monoisotopic (exact) mass is 339 g/mol. The maximum absolute atomic E-state index is 12.4. The minimum absolute atomic E-state index is 0.0931. The Morgan fingerprint density at radius 2 is 1.80 bits per heavy atom. The summed E-state index contributed by atoms with van der Waals surface area (Å²) in [6.45, 7) is 0. The van der Waals surface area contributed by atoms with Gasteiger partial charge in [-0.25, -0.2) is 0 Å². The molecule has 1 amide bonds. The van der Waals surface area contributed by atoms with Crippen LogP contribution in [0.25, 0.3) is 0 Å². The van der Waals surface area contributed by atoms with Gasteiger partial charge in [-0.15, -0.1) is 0 Å². The highest BCUT2D eigenvalue weighted by molar-refractivity contribution is 5.76. The lowest BCUT2D eigenvalue weighted by molar-refractivity contribution is -0.122. The summed E-state index contributed by atoms with van der Waals surface area (Å²) in [7, 11) is 3.31. The molecule has 1 saturated carbocycles. The highest BCUT2D eigenvalue weighted by Crippen LogP contribution is 2.41. The number of benzene rings is 2. The van der Waals surface area contributed by atoms with E-state index in [0.717, 1.165) is 22.6 Å². The fourth-order valence-electron chi connectivity index (χ4n) is 3.05. The van der Waals surface area contributed by atoms with Gasteiger partial charge >= 0.3 is 0 Å². The van der Waals surface area contributed by atoms with E-state index in [2.05, 4.69) is 5.32 Å². The molecule has 2 aromatic rings. The van der Waals surface area contributed by atoms with Gasteiger partial charge in [0.05, 0.1) is 20.3 Å². The highest BCUT2D eigenvalue weighted by Gasteiger charge is 2.33. The molecule has 4 heteroatoms. The Bertz CT molecular complexity index is 707. The van der Waals surface area contributed by atoms with Gasteiger partial charge in [0.25, 0.3) is 0 Å². The lowest BCUT2D eigenvalue weighted by Gasteiger charge is -2.19. The van der Waals surface area contributed by atoms with Gasteiger partial charge in [-0.1, -0.05) is 24.3 Å². The van der Waals surface area contributed by atoms with Gasteiger partial charge in [-0.2, -0.15) is 0 Å². The van der Waals surface area contributed by atoms with Gasteiger partial charge in [0.1, 0.15) is 11.5 Å². The molecule has 132 valence electrons. The van der Waals surface area contributed by atoms with Crippen LogP contribution in [0.4, 0.5) is 0 Å². The van der Waals surface area contributed by atoms with Crippen molar-refractivity contribution < 1.29 is 14.3 Å². The Morgan fingerprint density at radius 1 is 1.08 bits per heavy atom. The van der Waals surface area contributed by atoms with E-state index in [1.807, 2.05) is 48.5 Å². The van der Waals surface area contributed by atoms with Gasteiger partial charge in [0, 0.05) is 6.42 Å². The van der Waals surface area contributed by atoms with Crippen molar-refractivity contribution >= 4 is 5.91 Å². The first kappa shape index (κ1) is 17.3. The molecule has 0 bridgehead atoms. The first-order chi connectivity index (χ1) is 12.2. The van der Waals surface area contributed by atoms with Crippen molar-refractivity contribution in [1.82, 2.24) is 5.32 Å². The van der Waals surface area contributed by atoms with Crippen LogP contribution in [-0.2, 0) is 11.2 Å².